The maximum absolute atomic E-state index is 12.5. The van der Waals surface area contributed by atoms with Crippen LogP contribution in [-0.2, 0) is 4.79 Å². The number of anilines is 1. The zero-order valence-electron chi connectivity index (χ0n) is 17.7. The third-order valence-corrected chi connectivity index (χ3v) is 6.33. The maximum atomic E-state index is 12.5. The third-order valence-electron chi connectivity index (χ3n) is 5.28. The molecule has 0 saturated carbocycles. The Morgan fingerprint density at radius 2 is 1.72 bits per heavy atom. The lowest BCUT2D eigenvalue weighted by atomic mass is 10.2. The van der Waals surface area contributed by atoms with E-state index in [0.29, 0.717) is 53.4 Å². The average Bonchev–Trinajstić information content (AvgIpc) is 3.19. The summed E-state index contributed by atoms with van der Waals surface area (Å²) in [5.41, 5.74) is 1.53. The van der Waals surface area contributed by atoms with E-state index < -0.39 is 0 Å². The number of methoxy groups -OCH3 is 2. The minimum absolute atomic E-state index is 0.101. The average molecular weight is 455 g/mol. The molecular weight excluding hydrogens is 432 g/mol. The van der Waals surface area contributed by atoms with Crippen LogP contribution in [0.25, 0.3) is 6.08 Å². The SMILES string of the molecule is COc1ccc(C=C2SC(N3CCN(c4ccccc4[N+](=O)[O-])CC3)=NC2=O)cc1OC. The molecule has 1 fully saturated rings. The van der Waals surface area contributed by atoms with Gasteiger partial charge in [-0.3, -0.25) is 14.9 Å². The molecule has 0 bridgehead atoms. The monoisotopic (exact) mass is 454 g/mol. The molecule has 2 aliphatic heterocycles. The Hall–Kier alpha value is -3.53. The Labute approximate surface area is 189 Å². The van der Waals surface area contributed by atoms with Crippen molar-refractivity contribution in [1.29, 1.82) is 0 Å². The molecule has 2 aliphatic rings. The Balaban J connectivity index is 1.43. The predicted octanol–water partition coefficient (Wildman–Crippen LogP) is 3.40. The number of para-hydroxylation sites is 2. The number of hydrogen-bond acceptors (Lipinski definition) is 8. The van der Waals surface area contributed by atoms with Crippen molar-refractivity contribution in [3.63, 3.8) is 0 Å². The lowest BCUT2D eigenvalue weighted by Gasteiger charge is -2.36. The van der Waals surface area contributed by atoms with Gasteiger partial charge in [-0.05, 0) is 41.6 Å². The fourth-order valence-electron chi connectivity index (χ4n) is 3.65. The second-order valence-electron chi connectivity index (χ2n) is 7.14. The van der Waals surface area contributed by atoms with E-state index >= 15 is 0 Å². The second-order valence-corrected chi connectivity index (χ2v) is 8.15. The molecule has 0 spiro atoms. The van der Waals surface area contributed by atoms with Gasteiger partial charge in [0.15, 0.2) is 16.7 Å². The largest absolute Gasteiger partial charge is 0.493 e. The number of nitro groups is 1. The van der Waals surface area contributed by atoms with Gasteiger partial charge in [0.05, 0.1) is 24.0 Å². The number of benzene rings is 2. The number of nitrogens with zero attached hydrogens (tertiary/aromatic N) is 4. The van der Waals surface area contributed by atoms with Crippen molar-refractivity contribution in [2.24, 2.45) is 4.99 Å². The standard InChI is InChI=1S/C22H22N4O5S/c1-30-18-8-7-15(13-19(18)31-2)14-20-21(27)23-22(32-20)25-11-9-24(10-12-25)16-5-3-4-6-17(16)26(28)29/h3-8,13-14H,9-12H2,1-2H3. The van der Waals surface area contributed by atoms with Gasteiger partial charge in [-0.1, -0.05) is 18.2 Å². The smallest absolute Gasteiger partial charge is 0.292 e. The van der Waals surface area contributed by atoms with Crippen LogP contribution in [-0.4, -0.2) is 61.3 Å². The van der Waals surface area contributed by atoms with Crippen molar-refractivity contribution < 1.29 is 19.2 Å². The van der Waals surface area contributed by atoms with E-state index in [-0.39, 0.29) is 16.5 Å². The summed E-state index contributed by atoms with van der Waals surface area (Å²) in [6, 6.07) is 12.2. The first-order chi connectivity index (χ1) is 15.5. The number of rotatable bonds is 5. The van der Waals surface area contributed by atoms with Crippen molar-refractivity contribution in [3.8, 4) is 11.5 Å². The zero-order chi connectivity index (χ0) is 22.7. The Morgan fingerprint density at radius 3 is 2.41 bits per heavy atom. The van der Waals surface area contributed by atoms with Crippen LogP contribution in [0.3, 0.4) is 0 Å². The van der Waals surface area contributed by atoms with Crippen molar-refractivity contribution in [1.82, 2.24) is 4.90 Å². The Bertz CT molecular complexity index is 1110. The Kier molecular flexibility index (Phi) is 6.31. The summed E-state index contributed by atoms with van der Waals surface area (Å²) in [5.74, 6) is 0.930. The number of thioether (sulfide) groups is 1. The molecule has 2 aromatic carbocycles. The van der Waals surface area contributed by atoms with Gasteiger partial charge in [-0.2, -0.15) is 4.99 Å². The summed E-state index contributed by atoms with van der Waals surface area (Å²) in [7, 11) is 3.14. The van der Waals surface area contributed by atoms with E-state index in [2.05, 4.69) is 4.99 Å². The number of carbonyl (C=O) groups is 1. The van der Waals surface area contributed by atoms with E-state index in [9.17, 15) is 14.9 Å². The molecule has 0 unspecified atom stereocenters. The van der Waals surface area contributed by atoms with Gasteiger partial charge < -0.3 is 19.3 Å². The second kappa shape index (κ2) is 9.31. The molecular formula is C22H22N4O5S. The lowest BCUT2D eigenvalue weighted by Crippen LogP contribution is -2.48. The van der Waals surface area contributed by atoms with E-state index in [1.807, 2.05) is 21.9 Å². The van der Waals surface area contributed by atoms with Crippen LogP contribution in [0.2, 0.25) is 0 Å². The van der Waals surface area contributed by atoms with E-state index in [1.54, 1.807) is 44.6 Å². The molecule has 32 heavy (non-hydrogen) atoms. The van der Waals surface area contributed by atoms with Crippen LogP contribution in [0, 0.1) is 10.1 Å². The van der Waals surface area contributed by atoms with Crippen molar-refractivity contribution in [2.45, 2.75) is 0 Å². The first kappa shape index (κ1) is 21.7. The minimum Gasteiger partial charge on any atom is -0.493 e. The minimum atomic E-state index is -0.359. The van der Waals surface area contributed by atoms with Gasteiger partial charge in [0.2, 0.25) is 0 Å². The van der Waals surface area contributed by atoms with Crippen LogP contribution in [0.1, 0.15) is 5.56 Å². The molecule has 0 atom stereocenters. The third kappa shape index (κ3) is 4.40. The lowest BCUT2D eigenvalue weighted by molar-refractivity contribution is -0.384. The fraction of sp³-hybridized carbons (Fsp3) is 0.273. The number of hydrogen-bond donors (Lipinski definition) is 0. The van der Waals surface area contributed by atoms with Crippen LogP contribution in [0.5, 0.6) is 11.5 Å². The molecule has 0 radical (unpaired) electrons. The highest BCUT2D eigenvalue weighted by Gasteiger charge is 2.30. The highest BCUT2D eigenvalue weighted by atomic mass is 32.2. The highest BCUT2D eigenvalue weighted by molar-refractivity contribution is 8.18. The molecule has 10 heteroatoms. The topological polar surface area (TPSA) is 97.5 Å². The number of nitro benzene ring substituents is 1. The molecule has 0 aliphatic carbocycles. The summed E-state index contributed by atoms with van der Waals surface area (Å²) in [5, 5.41) is 12.0. The summed E-state index contributed by atoms with van der Waals surface area (Å²) in [6.07, 6.45) is 1.79. The van der Waals surface area contributed by atoms with Gasteiger partial charge in [0.25, 0.3) is 11.6 Å². The van der Waals surface area contributed by atoms with E-state index in [4.69, 9.17) is 9.47 Å². The molecule has 2 aromatic rings. The van der Waals surface area contributed by atoms with Gasteiger partial charge in [0, 0.05) is 32.2 Å². The number of ether oxygens (including phenoxy) is 2. The molecule has 0 aromatic heterocycles. The fourth-order valence-corrected chi connectivity index (χ4v) is 4.62. The Morgan fingerprint density at radius 1 is 1.03 bits per heavy atom. The van der Waals surface area contributed by atoms with Gasteiger partial charge in [0.1, 0.15) is 5.69 Å². The van der Waals surface area contributed by atoms with Gasteiger partial charge in [-0.15, -0.1) is 0 Å². The van der Waals surface area contributed by atoms with E-state index in [1.165, 1.54) is 17.8 Å². The van der Waals surface area contributed by atoms with Gasteiger partial charge >= 0.3 is 0 Å². The van der Waals surface area contributed by atoms with Gasteiger partial charge in [-0.25, -0.2) is 0 Å². The van der Waals surface area contributed by atoms with Crippen molar-refractivity contribution >= 4 is 40.3 Å². The van der Waals surface area contributed by atoms with Crippen molar-refractivity contribution in [2.75, 3.05) is 45.3 Å². The number of aliphatic imine (C=N–C) groups is 1. The first-order valence-electron chi connectivity index (χ1n) is 9.98. The number of carbonyl (C=O) groups excluding carboxylic acids is 1. The predicted molar refractivity (Wildman–Crippen MR) is 124 cm³/mol. The number of amides is 1. The van der Waals surface area contributed by atoms with Crippen molar-refractivity contribution in [3.05, 3.63) is 63.0 Å². The molecule has 1 saturated heterocycles. The maximum Gasteiger partial charge on any atom is 0.292 e. The molecule has 9 nitrogen and oxygen atoms in total. The van der Waals surface area contributed by atoms with Crippen LogP contribution in [0.4, 0.5) is 11.4 Å². The molecule has 4 rings (SSSR count). The molecule has 1 amide bonds. The number of piperazine rings is 1. The first-order valence-corrected chi connectivity index (χ1v) is 10.8. The summed E-state index contributed by atoms with van der Waals surface area (Å²) < 4.78 is 10.6. The number of amidine groups is 1. The molecule has 166 valence electrons. The van der Waals surface area contributed by atoms with Crippen LogP contribution in [0.15, 0.2) is 52.4 Å². The normalized spacial score (nSPS) is 17.5. The van der Waals surface area contributed by atoms with E-state index in [0.717, 1.165) is 5.56 Å². The summed E-state index contributed by atoms with van der Waals surface area (Å²) in [4.78, 5) is 32.2. The highest BCUT2D eigenvalue weighted by Crippen LogP contribution is 2.34. The quantitative estimate of drug-likeness (QED) is 0.385. The zero-order valence-corrected chi connectivity index (χ0v) is 18.5. The molecule has 2 heterocycles. The van der Waals surface area contributed by atoms with Crippen LogP contribution < -0.4 is 14.4 Å². The summed E-state index contributed by atoms with van der Waals surface area (Å²) in [6.45, 7) is 2.45. The molecule has 0 N–H and O–H groups in total. The van der Waals surface area contributed by atoms with Crippen LogP contribution >= 0.6 is 11.8 Å². The summed E-state index contributed by atoms with van der Waals surface area (Å²) >= 11 is 1.34.